The van der Waals surface area contributed by atoms with Crippen molar-refractivity contribution in [2.45, 2.75) is 52.4 Å². The van der Waals surface area contributed by atoms with Crippen LogP contribution in [0.4, 0.5) is 0 Å². The second kappa shape index (κ2) is 9.43. The molecule has 1 atom stereocenters. The monoisotopic (exact) mass is 378 g/mol. The average Bonchev–Trinajstić information content (AvgIpc) is 2.96. The van der Waals surface area contributed by atoms with Crippen molar-refractivity contribution in [2.24, 2.45) is 5.92 Å². The van der Waals surface area contributed by atoms with Crippen LogP contribution in [0.25, 0.3) is 11.0 Å². The molecule has 26 heavy (non-hydrogen) atoms. The second-order valence-electron chi connectivity index (χ2n) is 7.65. The molecule has 5 heteroatoms. The molecule has 0 saturated carbocycles. The minimum absolute atomic E-state index is 0. The van der Waals surface area contributed by atoms with Crippen molar-refractivity contribution in [2.75, 3.05) is 19.6 Å². The summed E-state index contributed by atoms with van der Waals surface area (Å²) in [4.78, 5) is 12.3. The second-order valence-corrected chi connectivity index (χ2v) is 7.65. The molecule has 1 aliphatic heterocycles. The number of hydrogen-bond acceptors (Lipinski definition) is 3. The van der Waals surface area contributed by atoms with Gasteiger partial charge in [0.15, 0.2) is 0 Å². The Balaban J connectivity index is 0.00000243. The minimum atomic E-state index is 0. The van der Waals surface area contributed by atoms with Gasteiger partial charge in [-0.15, -0.1) is 12.4 Å². The van der Waals surface area contributed by atoms with Crippen LogP contribution in [0.1, 0.15) is 55.7 Å². The maximum Gasteiger partial charge on any atom is 0.224 e. The van der Waals surface area contributed by atoms with Crippen LogP contribution >= 0.6 is 12.4 Å². The molecule has 1 aromatic carbocycles. The van der Waals surface area contributed by atoms with Crippen LogP contribution in [0.2, 0.25) is 0 Å². The van der Waals surface area contributed by atoms with Crippen molar-refractivity contribution < 1.29 is 9.21 Å². The van der Waals surface area contributed by atoms with Gasteiger partial charge in [-0.2, -0.15) is 0 Å². The van der Waals surface area contributed by atoms with Gasteiger partial charge in [-0.25, -0.2) is 0 Å². The highest BCUT2D eigenvalue weighted by atomic mass is 35.5. The fraction of sp³-hybridized carbons (Fsp3) is 0.571. The fourth-order valence-electron chi connectivity index (χ4n) is 3.83. The lowest BCUT2D eigenvalue weighted by atomic mass is 9.95. The summed E-state index contributed by atoms with van der Waals surface area (Å²) in [5.41, 5.74) is 4.42. The molecule has 1 aromatic heterocycles. The van der Waals surface area contributed by atoms with E-state index in [-0.39, 0.29) is 18.3 Å². The number of furan rings is 1. The predicted octanol–water partition coefficient (Wildman–Crippen LogP) is 4.33. The van der Waals surface area contributed by atoms with Crippen LogP contribution in [0, 0.1) is 12.8 Å². The Morgan fingerprint density at radius 3 is 2.88 bits per heavy atom. The molecule has 0 spiro atoms. The van der Waals surface area contributed by atoms with Gasteiger partial charge in [0.2, 0.25) is 5.91 Å². The first-order chi connectivity index (χ1) is 12.0. The lowest BCUT2D eigenvalue weighted by molar-refractivity contribution is -0.120. The first kappa shape index (κ1) is 20.8. The van der Waals surface area contributed by atoms with Gasteiger partial charge in [0.1, 0.15) is 5.58 Å². The van der Waals surface area contributed by atoms with Gasteiger partial charge in [-0.05, 0) is 74.4 Å². The van der Waals surface area contributed by atoms with Crippen molar-refractivity contribution >= 4 is 29.3 Å². The molecule has 4 nitrogen and oxygen atoms in total. The molecular weight excluding hydrogens is 348 g/mol. The molecule has 1 amide bonds. The highest BCUT2D eigenvalue weighted by Gasteiger charge is 2.15. The largest absolute Gasteiger partial charge is 0.464 e. The maximum atomic E-state index is 12.3. The molecule has 1 saturated heterocycles. The number of amides is 1. The summed E-state index contributed by atoms with van der Waals surface area (Å²) in [7, 11) is 0. The molecule has 3 rings (SSSR count). The van der Waals surface area contributed by atoms with Gasteiger partial charge in [-0.1, -0.05) is 13.8 Å². The minimum Gasteiger partial charge on any atom is -0.464 e. The molecule has 1 aliphatic rings. The maximum absolute atomic E-state index is 12.3. The van der Waals surface area contributed by atoms with E-state index in [0.717, 1.165) is 42.6 Å². The van der Waals surface area contributed by atoms with E-state index in [1.54, 1.807) is 6.26 Å². The molecule has 2 heterocycles. The van der Waals surface area contributed by atoms with Crippen LogP contribution in [0.3, 0.4) is 0 Å². The SMILES string of the molecule is Cc1cc2occ(CC(=O)NCCC3CCCNC3)c2cc1C(C)C.Cl. The Hall–Kier alpha value is -1.52. The van der Waals surface area contributed by atoms with E-state index in [4.69, 9.17) is 4.42 Å². The smallest absolute Gasteiger partial charge is 0.224 e. The van der Waals surface area contributed by atoms with Crippen molar-refractivity contribution in [3.05, 3.63) is 35.1 Å². The molecular formula is C21H31ClN2O2. The number of fused-ring (bicyclic) bond motifs is 1. The van der Waals surface area contributed by atoms with Gasteiger partial charge < -0.3 is 15.1 Å². The number of carbonyl (C=O) groups is 1. The van der Waals surface area contributed by atoms with E-state index in [1.807, 2.05) is 0 Å². The third-order valence-electron chi connectivity index (χ3n) is 5.29. The molecule has 1 fully saturated rings. The number of nitrogens with one attached hydrogen (secondary N) is 2. The summed E-state index contributed by atoms with van der Waals surface area (Å²) in [6.07, 6.45) is 5.70. The number of aryl methyl sites for hydroxylation is 1. The summed E-state index contributed by atoms with van der Waals surface area (Å²) in [6.45, 7) is 9.48. The molecule has 1 unspecified atom stereocenters. The fourth-order valence-corrected chi connectivity index (χ4v) is 3.83. The predicted molar refractivity (Wildman–Crippen MR) is 109 cm³/mol. The Bertz CT molecular complexity index is 733. The summed E-state index contributed by atoms with van der Waals surface area (Å²) < 4.78 is 5.68. The Kier molecular flexibility index (Phi) is 7.54. The number of halogens is 1. The summed E-state index contributed by atoms with van der Waals surface area (Å²) >= 11 is 0. The zero-order valence-corrected chi connectivity index (χ0v) is 16.9. The molecule has 0 aliphatic carbocycles. The molecule has 144 valence electrons. The van der Waals surface area contributed by atoms with Crippen molar-refractivity contribution in [1.82, 2.24) is 10.6 Å². The van der Waals surface area contributed by atoms with E-state index in [1.165, 1.54) is 24.0 Å². The van der Waals surface area contributed by atoms with Gasteiger partial charge in [0.25, 0.3) is 0 Å². The third-order valence-corrected chi connectivity index (χ3v) is 5.29. The van der Waals surface area contributed by atoms with Crippen LogP contribution in [0.5, 0.6) is 0 Å². The molecule has 2 aromatic rings. The normalized spacial score (nSPS) is 17.3. The van der Waals surface area contributed by atoms with E-state index < -0.39 is 0 Å². The van der Waals surface area contributed by atoms with E-state index in [2.05, 4.69) is 43.5 Å². The Morgan fingerprint density at radius 1 is 1.38 bits per heavy atom. The number of carbonyl (C=O) groups excluding carboxylic acids is 1. The Morgan fingerprint density at radius 2 is 2.19 bits per heavy atom. The standard InChI is InChI=1S/C21H30N2O2.ClH/c1-14(2)18-11-19-17(13-25-20(19)9-15(18)3)10-21(24)23-8-6-16-5-4-7-22-12-16;/h9,11,13-14,16,22H,4-8,10,12H2,1-3H3,(H,23,24);1H. The zero-order valence-electron chi connectivity index (χ0n) is 16.1. The lowest BCUT2D eigenvalue weighted by Crippen LogP contribution is -2.33. The van der Waals surface area contributed by atoms with E-state index in [9.17, 15) is 4.79 Å². The average molecular weight is 379 g/mol. The number of hydrogen-bond donors (Lipinski definition) is 2. The highest BCUT2D eigenvalue weighted by Crippen LogP contribution is 2.29. The van der Waals surface area contributed by atoms with E-state index >= 15 is 0 Å². The van der Waals surface area contributed by atoms with Crippen LogP contribution < -0.4 is 10.6 Å². The van der Waals surface area contributed by atoms with Crippen molar-refractivity contribution in [1.29, 1.82) is 0 Å². The highest BCUT2D eigenvalue weighted by molar-refractivity contribution is 5.88. The van der Waals surface area contributed by atoms with Gasteiger partial charge in [0.05, 0.1) is 12.7 Å². The lowest BCUT2D eigenvalue weighted by Gasteiger charge is -2.22. The first-order valence-electron chi connectivity index (χ1n) is 9.52. The molecule has 2 N–H and O–H groups in total. The third kappa shape index (κ3) is 5.01. The number of piperidine rings is 1. The van der Waals surface area contributed by atoms with Gasteiger partial charge in [-0.3, -0.25) is 4.79 Å². The number of benzene rings is 1. The molecule has 0 radical (unpaired) electrons. The van der Waals surface area contributed by atoms with Crippen LogP contribution in [0.15, 0.2) is 22.8 Å². The van der Waals surface area contributed by atoms with E-state index in [0.29, 0.717) is 18.3 Å². The topological polar surface area (TPSA) is 54.3 Å². The number of rotatable bonds is 6. The van der Waals surface area contributed by atoms with Crippen LogP contribution in [-0.4, -0.2) is 25.5 Å². The Labute approximate surface area is 162 Å². The molecule has 0 bridgehead atoms. The van der Waals surface area contributed by atoms with Gasteiger partial charge >= 0.3 is 0 Å². The van der Waals surface area contributed by atoms with Gasteiger partial charge in [0, 0.05) is 17.5 Å². The summed E-state index contributed by atoms with van der Waals surface area (Å²) in [5, 5.41) is 7.57. The first-order valence-corrected chi connectivity index (χ1v) is 9.52. The van der Waals surface area contributed by atoms with Crippen LogP contribution in [-0.2, 0) is 11.2 Å². The zero-order chi connectivity index (χ0) is 17.8. The quantitative estimate of drug-likeness (QED) is 0.786. The van der Waals surface area contributed by atoms with Crippen molar-refractivity contribution in [3.8, 4) is 0 Å². The summed E-state index contributed by atoms with van der Waals surface area (Å²) in [6, 6.07) is 4.28. The summed E-state index contributed by atoms with van der Waals surface area (Å²) in [5.74, 6) is 1.24. The van der Waals surface area contributed by atoms with Crippen molar-refractivity contribution in [3.63, 3.8) is 0 Å².